The monoisotopic (exact) mass is 415 g/mol. The highest BCUT2D eigenvalue weighted by Gasteiger charge is 2.28. The summed E-state index contributed by atoms with van der Waals surface area (Å²) in [6.07, 6.45) is 0. The van der Waals surface area contributed by atoms with Gasteiger partial charge in [-0.2, -0.15) is 4.72 Å². The van der Waals surface area contributed by atoms with Crippen LogP contribution in [-0.2, 0) is 14.8 Å². The second-order valence-corrected chi connectivity index (χ2v) is 9.02. The number of rotatable bonds is 6. The van der Waals surface area contributed by atoms with Crippen LogP contribution in [-0.4, -0.2) is 44.5 Å². The lowest BCUT2D eigenvalue weighted by Crippen LogP contribution is -2.44. The number of fused-ring (bicyclic) bond motifs is 3. The summed E-state index contributed by atoms with van der Waals surface area (Å²) in [5.74, 6) is -0.787. The lowest BCUT2D eigenvalue weighted by Gasteiger charge is -2.17. The lowest BCUT2D eigenvalue weighted by atomic mass is 10.1. The summed E-state index contributed by atoms with van der Waals surface area (Å²) in [5.41, 5.74) is 1.99. The third kappa shape index (κ3) is 3.58. The molecule has 0 radical (unpaired) electrons. The summed E-state index contributed by atoms with van der Waals surface area (Å²) in [6.45, 7) is 4.83. The normalized spacial score (nSPS) is 15.6. The van der Waals surface area contributed by atoms with Crippen molar-refractivity contribution in [2.45, 2.75) is 24.8 Å². The molecule has 3 N–H and O–H groups in total. The Hall–Kier alpha value is -2.91. The van der Waals surface area contributed by atoms with Gasteiger partial charge in [-0.15, -0.1) is 0 Å². The summed E-state index contributed by atoms with van der Waals surface area (Å²) >= 11 is 0. The van der Waals surface area contributed by atoms with E-state index in [0.717, 1.165) is 35.3 Å². The van der Waals surface area contributed by atoms with Crippen LogP contribution in [0.15, 0.2) is 50.7 Å². The first-order valence-corrected chi connectivity index (χ1v) is 10.7. The molecule has 1 aliphatic heterocycles. The van der Waals surface area contributed by atoms with Crippen molar-refractivity contribution in [2.75, 3.05) is 13.1 Å². The molecular formula is C20H21N3O5S. The fraction of sp³-hybridized carbons (Fsp3) is 0.300. The zero-order valence-electron chi connectivity index (χ0n) is 16.0. The molecule has 3 aromatic rings. The maximum atomic E-state index is 12.7. The van der Waals surface area contributed by atoms with Gasteiger partial charge in [0.1, 0.15) is 23.0 Å². The van der Waals surface area contributed by atoms with E-state index in [2.05, 4.69) is 15.0 Å². The Balaban J connectivity index is 1.74. The van der Waals surface area contributed by atoms with Crippen LogP contribution in [0.4, 0.5) is 0 Å². The van der Waals surface area contributed by atoms with Gasteiger partial charge in [-0.1, -0.05) is 13.8 Å². The molecule has 4 rings (SSSR count). The highest BCUT2D eigenvalue weighted by atomic mass is 32.2. The maximum absolute atomic E-state index is 12.7. The Kier molecular flexibility index (Phi) is 4.79. The van der Waals surface area contributed by atoms with Gasteiger partial charge in [0.15, 0.2) is 0 Å². The van der Waals surface area contributed by atoms with Gasteiger partial charge in [-0.3, -0.25) is 9.79 Å². The fourth-order valence-electron chi connectivity index (χ4n) is 3.37. The predicted molar refractivity (Wildman–Crippen MR) is 110 cm³/mol. The molecule has 2 heterocycles. The van der Waals surface area contributed by atoms with Gasteiger partial charge in [-0.05, 0) is 36.2 Å². The molecule has 0 saturated carbocycles. The summed E-state index contributed by atoms with van der Waals surface area (Å²) in [4.78, 5) is 15.7. The quantitative estimate of drug-likeness (QED) is 0.568. The zero-order chi connectivity index (χ0) is 20.8. The standard InChI is InChI=1S/C20H21N3O5S/c1-11(2)18(20(24)25)23-29(26,27)13-4-5-14-15-9-12(19-21-7-8-22-19)3-6-16(15)28-17(14)10-13/h3-6,9-11,18,23H,7-8H2,1-2H3,(H,21,22)(H,24,25)/t18-/m0/s1. The first-order valence-electron chi connectivity index (χ1n) is 9.26. The third-order valence-electron chi connectivity index (χ3n) is 4.92. The smallest absolute Gasteiger partial charge is 0.322 e. The number of nitrogens with one attached hydrogen (secondary N) is 2. The van der Waals surface area contributed by atoms with Gasteiger partial charge >= 0.3 is 5.97 Å². The zero-order valence-corrected chi connectivity index (χ0v) is 16.8. The summed E-state index contributed by atoms with van der Waals surface area (Å²) < 4.78 is 33.5. The van der Waals surface area contributed by atoms with E-state index < -0.39 is 28.0 Å². The van der Waals surface area contributed by atoms with Crippen LogP contribution in [0.25, 0.3) is 21.9 Å². The van der Waals surface area contributed by atoms with E-state index in [1.54, 1.807) is 19.9 Å². The third-order valence-corrected chi connectivity index (χ3v) is 6.35. The van der Waals surface area contributed by atoms with Gasteiger partial charge in [0.25, 0.3) is 0 Å². The van der Waals surface area contributed by atoms with Crippen molar-refractivity contribution in [1.82, 2.24) is 10.0 Å². The minimum Gasteiger partial charge on any atom is -0.480 e. The van der Waals surface area contributed by atoms with Gasteiger partial charge in [0.2, 0.25) is 10.0 Å². The molecule has 0 fully saturated rings. The van der Waals surface area contributed by atoms with Crippen LogP contribution in [0.2, 0.25) is 0 Å². The Bertz CT molecular complexity index is 1240. The van der Waals surface area contributed by atoms with Crippen LogP contribution in [0, 0.1) is 5.92 Å². The Morgan fingerprint density at radius 2 is 1.97 bits per heavy atom. The fourth-order valence-corrected chi connectivity index (χ4v) is 4.72. The first-order chi connectivity index (χ1) is 13.8. The van der Waals surface area contributed by atoms with Crippen LogP contribution < -0.4 is 10.0 Å². The molecule has 152 valence electrons. The SMILES string of the molecule is CC(C)[C@H](NS(=O)(=O)c1ccc2c(c1)oc1ccc(C3=NCCN3)cc12)C(=O)O. The highest BCUT2D eigenvalue weighted by Crippen LogP contribution is 2.31. The molecule has 2 aromatic carbocycles. The maximum Gasteiger partial charge on any atom is 0.322 e. The van der Waals surface area contributed by atoms with E-state index in [1.165, 1.54) is 12.1 Å². The van der Waals surface area contributed by atoms with Crippen molar-refractivity contribution < 1.29 is 22.7 Å². The van der Waals surface area contributed by atoms with E-state index in [9.17, 15) is 18.3 Å². The van der Waals surface area contributed by atoms with Crippen molar-refractivity contribution >= 4 is 43.8 Å². The van der Waals surface area contributed by atoms with Gasteiger partial charge in [0.05, 0.1) is 11.4 Å². The number of nitrogens with zero attached hydrogens (tertiary/aromatic N) is 1. The number of amidine groups is 1. The predicted octanol–water partition coefficient (Wildman–Crippen LogP) is 2.32. The Morgan fingerprint density at radius 1 is 1.17 bits per heavy atom. The number of aliphatic imine (C=N–C) groups is 1. The number of hydrogen-bond acceptors (Lipinski definition) is 6. The molecule has 1 atom stereocenters. The van der Waals surface area contributed by atoms with E-state index in [-0.39, 0.29) is 4.90 Å². The highest BCUT2D eigenvalue weighted by molar-refractivity contribution is 7.89. The van der Waals surface area contributed by atoms with Gasteiger partial charge in [0, 0.05) is 28.9 Å². The number of carboxylic acids is 1. The molecule has 0 unspecified atom stereocenters. The number of hydrogen-bond donors (Lipinski definition) is 3. The molecule has 8 nitrogen and oxygen atoms in total. The molecule has 0 spiro atoms. The van der Waals surface area contributed by atoms with E-state index in [1.807, 2.05) is 18.2 Å². The number of benzene rings is 2. The van der Waals surface area contributed by atoms with Crippen molar-refractivity contribution in [3.8, 4) is 0 Å². The van der Waals surface area contributed by atoms with Gasteiger partial charge < -0.3 is 14.8 Å². The number of carbonyl (C=O) groups is 1. The summed E-state index contributed by atoms with van der Waals surface area (Å²) in [7, 11) is -4.02. The molecule has 9 heteroatoms. The summed E-state index contributed by atoms with van der Waals surface area (Å²) in [5, 5.41) is 14.1. The average Bonchev–Trinajstić information content (AvgIpc) is 3.32. The lowest BCUT2D eigenvalue weighted by molar-refractivity contribution is -0.140. The molecule has 0 bridgehead atoms. The Morgan fingerprint density at radius 3 is 2.62 bits per heavy atom. The Labute approximate surface area is 167 Å². The van der Waals surface area contributed by atoms with Gasteiger partial charge in [-0.25, -0.2) is 8.42 Å². The van der Waals surface area contributed by atoms with Crippen LogP contribution >= 0.6 is 0 Å². The van der Waals surface area contributed by atoms with Crippen molar-refractivity contribution in [3.63, 3.8) is 0 Å². The average molecular weight is 415 g/mol. The number of carboxylic acid groups (broad SMARTS) is 1. The molecule has 29 heavy (non-hydrogen) atoms. The minimum absolute atomic E-state index is 0.0435. The molecule has 1 aliphatic rings. The number of sulfonamides is 1. The number of aliphatic carboxylic acids is 1. The largest absolute Gasteiger partial charge is 0.480 e. The van der Waals surface area contributed by atoms with Crippen LogP contribution in [0.1, 0.15) is 19.4 Å². The number of furan rings is 1. The first kappa shape index (κ1) is 19.4. The molecule has 0 aliphatic carbocycles. The molecule has 0 amide bonds. The van der Waals surface area contributed by atoms with Crippen LogP contribution in [0.5, 0.6) is 0 Å². The van der Waals surface area contributed by atoms with Crippen LogP contribution in [0.3, 0.4) is 0 Å². The molecule has 1 aromatic heterocycles. The van der Waals surface area contributed by atoms with Crippen molar-refractivity contribution in [2.24, 2.45) is 10.9 Å². The van der Waals surface area contributed by atoms with Crippen molar-refractivity contribution in [1.29, 1.82) is 0 Å². The van der Waals surface area contributed by atoms with Crippen molar-refractivity contribution in [3.05, 3.63) is 42.0 Å². The van der Waals surface area contributed by atoms with E-state index >= 15 is 0 Å². The second-order valence-electron chi connectivity index (χ2n) is 7.31. The summed E-state index contributed by atoms with van der Waals surface area (Å²) in [6, 6.07) is 9.03. The van der Waals surface area contributed by atoms with E-state index in [0.29, 0.717) is 11.2 Å². The van der Waals surface area contributed by atoms with E-state index in [4.69, 9.17) is 4.42 Å². The minimum atomic E-state index is -4.02. The molecule has 0 saturated heterocycles. The molecular weight excluding hydrogens is 394 g/mol. The topological polar surface area (TPSA) is 121 Å². The second kappa shape index (κ2) is 7.16.